The lowest BCUT2D eigenvalue weighted by Gasteiger charge is -2.12. The minimum absolute atomic E-state index is 0.106. The highest BCUT2D eigenvalue weighted by atomic mass is 32.1. The van der Waals surface area contributed by atoms with Crippen LogP contribution in [-0.2, 0) is 4.74 Å². The van der Waals surface area contributed by atoms with Crippen LogP contribution in [0.4, 0.5) is 10.7 Å². The highest BCUT2D eigenvalue weighted by molar-refractivity contribution is 7.17. The summed E-state index contributed by atoms with van der Waals surface area (Å²) in [6.07, 6.45) is 0. The molecule has 9 nitrogen and oxygen atoms in total. The van der Waals surface area contributed by atoms with Crippen LogP contribution >= 0.6 is 11.3 Å². The van der Waals surface area contributed by atoms with Crippen LogP contribution < -0.4 is 10.4 Å². The maximum Gasteiger partial charge on any atom is 0.341 e. The number of carboxylic acids is 1. The molecule has 1 N–H and O–H groups in total. The Bertz CT molecular complexity index is 1220. The van der Waals surface area contributed by atoms with E-state index in [0.717, 1.165) is 29.0 Å². The van der Waals surface area contributed by atoms with E-state index in [0.29, 0.717) is 10.4 Å². The Morgan fingerprint density at radius 1 is 1.06 bits per heavy atom. The molecule has 0 unspecified atom stereocenters. The molecule has 10 heteroatoms. The van der Waals surface area contributed by atoms with Crippen LogP contribution in [0.15, 0.2) is 48.5 Å². The molecule has 1 aromatic heterocycles. The van der Waals surface area contributed by atoms with Crippen molar-refractivity contribution in [2.24, 2.45) is 0 Å². The van der Waals surface area contributed by atoms with Gasteiger partial charge in [-0.25, -0.2) is 4.79 Å². The second-order valence-corrected chi connectivity index (χ2v) is 7.75. The molecule has 32 heavy (non-hydrogen) atoms. The van der Waals surface area contributed by atoms with E-state index in [1.54, 1.807) is 38.1 Å². The average Bonchev–Trinajstić information content (AvgIpc) is 3.09. The molecule has 0 saturated heterocycles. The minimum atomic E-state index is -1.86. The average molecular weight is 453 g/mol. The van der Waals surface area contributed by atoms with E-state index in [1.807, 2.05) is 6.07 Å². The number of benzene rings is 2. The maximum absolute atomic E-state index is 12.9. The Morgan fingerprint density at radius 2 is 1.75 bits per heavy atom. The van der Waals surface area contributed by atoms with Gasteiger partial charge in [0.15, 0.2) is 0 Å². The van der Waals surface area contributed by atoms with Gasteiger partial charge in [-0.15, -0.1) is 11.3 Å². The van der Waals surface area contributed by atoms with E-state index in [-0.39, 0.29) is 17.2 Å². The summed E-state index contributed by atoms with van der Waals surface area (Å²) in [5.41, 5.74) is -0.644. The van der Waals surface area contributed by atoms with Crippen LogP contribution in [0, 0.1) is 17.0 Å². The van der Waals surface area contributed by atoms with E-state index < -0.39 is 39.6 Å². The summed E-state index contributed by atoms with van der Waals surface area (Å²) < 4.78 is 5.17. The summed E-state index contributed by atoms with van der Waals surface area (Å²) in [6.45, 7) is 3.52. The first-order chi connectivity index (χ1) is 15.3. The molecular weight excluding hydrogens is 436 g/mol. The zero-order valence-electron chi connectivity index (χ0n) is 17.0. The van der Waals surface area contributed by atoms with Gasteiger partial charge < -0.3 is 20.0 Å². The number of amides is 1. The monoisotopic (exact) mass is 453 g/mol. The molecule has 0 aliphatic rings. The Balaban J connectivity index is 2.12. The predicted octanol–water partition coefficient (Wildman–Crippen LogP) is 3.42. The fourth-order valence-corrected chi connectivity index (χ4v) is 4.31. The summed E-state index contributed by atoms with van der Waals surface area (Å²) in [6, 6.07) is 12.3. The normalized spacial score (nSPS) is 10.4. The maximum atomic E-state index is 12.9. The number of nitro benzene ring substituents is 1. The number of nitrogens with zero attached hydrogens (tertiary/aromatic N) is 1. The molecule has 1 amide bonds. The van der Waals surface area contributed by atoms with Crippen molar-refractivity contribution < 1.29 is 29.2 Å². The highest BCUT2D eigenvalue weighted by Gasteiger charge is 2.28. The van der Waals surface area contributed by atoms with Gasteiger partial charge in [-0.05, 0) is 25.5 Å². The summed E-state index contributed by atoms with van der Waals surface area (Å²) in [5, 5.41) is 25.4. The van der Waals surface area contributed by atoms with Gasteiger partial charge in [0.25, 0.3) is 11.6 Å². The summed E-state index contributed by atoms with van der Waals surface area (Å²) in [7, 11) is 0. The van der Waals surface area contributed by atoms with Crippen molar-refractivity contribution in [1.29, 1.82) is 0 Å². The second kappa shape index (κ2) is 9.40. The zero-order valence-corrected chi connectivity index (χ0v) is 17.9. The minimum Gasteiger partial charge on any atom is -0.545 e. The number of ether oxygens (including phenoxy) is 1. The van der Waals surface area contributed by atoms with Gasteiger partial charge >= 0.3 is 5.97 Å². The number of hydrogen-bond donors (Lipinski definition) is 1. The van der Waals surface area contributed by atoms with Crippen molar-refractivity contribution in [3.05, 3.63) is 80.2 Å². The quantitative estimate of drug-likeness (QED) is 0.328. The molecular formula is C22H17N2O7S-. The van der Waals surface area contributed by atoms with Crippen molar-refractivity contribution >= 4 is 39.9 Å². The fraction of sp³-hybridized carbons (Fsp3) is 0.136. The Morgan fingerprint density at radius 3 is 2.34 bits per heavy atom. The highest BCUT2D eigenvalue weighted by Crippen LogP contribution is 2.40. The Kier molecular flexibility index (Phi) is 6.64. The van der Waals surface area contributed by atoms with E-state index in [2.05, 4.69) is 5.32 Å². The third-order valence-corrected chi connectivity index (χ3v) is 5.56. The van der Waals surface area contributed by atoms with Gasteiger partial charge in [0.05, 0.1) is 28.6 Å². The first kappa shape index (κ1) is 22.6. The standard InChI is InChI=1S/C22H18N2O7S/c1-3-31-22(28)18-16(13-8-5-4-6-9-13)12(2)32-20(18)23-19(25)14-10-7-11-15(24(29)30)17(14)21(26)27/h4-11H,3H2,1-2H3,(H,23,25)(H,26,27)/p-1. The fourth-order valence-electron chi connectivity index (χ4n) is 3.25. The number of nitrogens with one attached hydrogen (secondary N) is 1. The van der Waals surface area contributed by atoms with E-state index in [1.165, 1.54) is 6.07 Å². The molecule has 0 fully saturated rings. The predicted molar refractivity (Wildman–Crippen MR) is 116 cm³/mol. The third kappa shape index (κ3) is 4.35. The number of aromatic carboxylic acids is 1. The van der Waals surface area contributed by atoms with Crippen molar-refractivity contribution in [3.8, 4) is 11.1 Å². The van der Waals surface area contributed by atoms with E-state index in [9.17, 15) is 29.6 Å². The second-order valence-electron chi connectivity index (χ2n) is 6.52. The number of rotatable bonds is 7. The molecule has 0 aliphatic carbocycles. The van der Waals surface area contributed by atoms with Crippen molar-refractivity contribution in [1.82, 2.24) is 0 Å². The lowest BCUT2D eigenvalue weighted by Crippen LogP contribution is -2.27. The topological polar surface area (TPSA) is 139 Å². The van der Waals surface area contributed by atoms with Gasteiger partial charge in [-0.1, -0.05) is 36.4 Å². The molecule has 164 valence electrons. The SMILES string of the molecule is CCOC(=O)c1c(NC(=O)c2cccc([N+](=O)[O-])c2C(=O)[O-])sc(C)c1-c1ccccc1. The van der Waals surface area contributed by atoms with Gasteiger partial charge in [0, 0.05) is 16.5 Å². The van der Waals surface area contributed by atoms with Crippen molar-refractivity contribution in [2.75, 3.05) is 11.9 Å². The number of carboxylic acid groups (broad SMARTS) is 1. The molecule has 3 aromatic rings. The number of anilines is 1. The molecule has 2 aromatic carbocycles. The van der Waals surface area contributed by atoms with Gasteiger partial charge in [-0.2, -0.15) is 0 Å². The molecule has 0 aliphatic heterocycles. The molecule has 1 heterocycles. The van der Waals surface area contributed by atoms with Gasteiger partial charge in [-0.3, -0.25) is 14.9 Å². The van der Waals surface area contributed by atoms with Gasteiger partial charge in [0.2, 0.25) is 0 Å². The molecule has 0 spiro atoms. The number of nitro groups is 1. The number of carbonyl (C=O) groups excluding carboxylic acids is 3. The first-order valence-corrected chi connectivity index (χ1v) is 10.2. The number of thiophene rings is 1. The van der Waals surface area contributed by atoms with E-state index >= 15 is 0 Å². The Hall–Kier alpha value is -4.05. The largest absolute Gasteiger partial charge is 0.545 e. The van der Waals surface area contributed by atoms with Crippen LogP contribution in [0.2, 0.25) is 0 Å². The summed E-state index contributed by atoms with van der Waals surface area (Å²) in [5.74, 6) is -3.45. The number of hydrogen-bond acceptors (Lipinski definition) is 8. The third-order valence-electron chi connectivity index (χ3n) is 4.54. The number of esters is 1. The molecule has 0 bridgehead atoms. The number of aryl methyl sites for hydroxylation is 1. The van der Waals surface area contributed by atoms with Crippen molar-refractivity contribution in [2.45, 2.75) is 13.8 Å². The van der Waals surface area contributed by atoms with Crippen LogP contribution in [0.25, 0.3) is 11.1 Å². The van der Waals surface area contributed by atoms with Gasteiger partial charge in [0.1, 0.15) is 10.6 Å². The molecule has 0 atom stereocenters. The van der Waals surface area contributed by atoms with Crippen LogP contribution in [-0.4, -0.2) is 29.4 Å². The Labute approximate surface area is 186 Å². The molecule has 0 radical (unpaired) electrons. The smallest absolute Gasteiger partial charge is 0.341 e. The first-order valence-electron chi connectivity index (χ1n) is 9.42. The van der Waals surface area contributed by atoms with Crippen LogP contribution in [0.1, 0.15) is 42.9 Å². The van der Waals surface area contributed by atoms with Crippen LogP contribution in [0.3, 0.4) is 0 Å². The number of carbonyl (C=O) groups is 3. The summed E-state index contributed by atoms with van der Waals surface area (Å²) >= 11 is 1.11. The van der Waals surface area contributed by atoms with Crippen LogP contribution in [0.5, 0.6) is 0 Å². The van der Waals surface area contributed by atoms with E-state index in [4.69, 9.17) is 4.74 Å². The molecule has 3 rings (SSSR count). The molecule has 0 saturated carbocycles. The zero-order chi connectivity index (χ0) is 23.4. The lowest BCUT2D eigenvalue weighted by atomic mass is 10.0. The van der Waals surface area contributed by atoms with Crippen molar-refractivity contribution in [3.63, 3.8) is 0 Å². The lowest BCUT2D eigenvalue weighted by molar-refractivity contribution is -0.385. The summed E-state index contributed by atoms with van der Waals surface area (Å²) in [4.78, 5) is 48.2.